The van der Waals surface area contributed by atoms with E-state index in [9.17, 15) is 0 Å². The molecule has 0 saturated carbocycles. The molecule has 1 heteroatoms. The Bertz CT molecular complexity index is 104. The van der Waals surface area contributed by atoms with E-state index >= 15 is 0 Å². The maximum Gasteiger partial charge on any atom is 0.00990 e. The van der Waals surface area contributed by atoms with Gasteiger partial charge in [0, 0.05) is 12.1 Å². The molecule has 9 heavy (non-hydrogen) atoms. The van der Waals surface area contributed by atoms with Crippen LogP contribution in [0.15, 0.2) is 0 Å². The van der Waals surface area contributed by atoms with E-state index in [0.717, 1.165) is 23.9 Å². The average molecular weight is 125 g/mol. The molecule has 0 aromatic rings. The summed E-state index contributed by atoms with van der Waals surface area (Å²) >= 11 is 0. The molecule has 0 amide bonds. The first-order chi connectivity index (χ1) is 4.27. The Hall–Kier alpha value is -0.0400. The maximum atomic E-state index is 3.63. The summed E-state index contributed by atoms with van der Waals surface area (Å²) in [7, 11) is 0. The number of hydrogen-bond acceptors (Lipinski definition) is 1. The fourth-order valence-corrected chi connectivity index (χ4v) is 2.33. The molecular formula is C8H15N. The largest absolute Gasteiger partial charge is 0.311 e. The first-order valence-corrected chi connectivity index (χ1v) is 4.03. The van der Waals surface area contributed by atoms with Gasteiger partial charge in [-0.15, -0.1) is 0 Å². The zero-order valence-electron chi connectivity index (χ0n) is 6.22. The molecule has 52 valence electrons. The maximum absolute atomic E-state index is 3.63. The number of rotatable bonds is 0. The van der Waals surface area contributed by atoms with Crippen LogP contribution in [0.2, 0.25) is 0 Å². The Labute approximate surface area is 56.8 Å². The van der Waals surface area contributed by atoms with Gasteiger partial charge in [0.05, 0.1) is 0 Å². The normalized spacial score (nSPS) is 56.7. The van der Waals surface area contributed by atoms with E-state index in [-0.39, 0.29) is 0 Å². The van der Waals surface area contributed by atoms with E-state index in [4.69, 9.17) is 0 Å². The van der Waals surface area contributed by atoms with Gasteiger partial charge in [-0.05, 0) is 24.7 Å². The van der Waals surface area contributed by atoms with Crippen molar-refractivity contribution in [1.82, 2.24) is 5.32 Å². The number of nitrogens with one attached hydrogen (secondary N) is 1. The molecule has 2 aliphatic rings. The fraction of sp³-hybridized carbons (Fsp3) is 1.00. The second-order valence-electron chi connectivity index (χ2n) is 3.81. The van der Waals surface area contributed by atoms with Crippen LogP contribution in [0.4, 0.5) is 0 Å². The van der Waals surface area contributed by atoms with E-state index in [2.05, 4.69) is 19.2 Å². The average Bonchev–Trinajstić information content (AvgIpc) is 2.24. The predicted octanol–water partition coefficient (Wildman–Crippen LogP) is 1.39. The van der Waals surface area contributed by atoms with E-state index in [1.54, 1.807) is 0 Å². The molecule has 2 bridgehead atoms. The molecule has 4 atom stereocenters. The van der Waals surface area contributed by atoms with E-state index in [1.807, 2.05) is 0 Å². The molecule has 0 radical (unpaired) electrons. The van der Waals surface area contributed by atoms with Crippen LogP contribution in [0.1, 0.15) is 26.7 Å². The quantitative estimate of drug-likeness (QED) is 0.516. The van der Waals surface area contributed by atoms with Gasteiger partial charge in [0.15, 0.2) is 0 Å². The van der Waals surface area contributed by atoms with Gasteiger partial charge >= 0.3 is 0 Å². The Morgan fingerprint density at radius 2 is 1.44 bits per heavy atom. The van der Waals surface area contributed by atoms with Gasteiger partial charge in [0.25, 0.3) is 0 Å². The molecule has 2 heterocycles. The van der Waals surface area contributed by atoms with Gasteiger partial charge in [0.1, 0.15) is 0 Å². The van der Waals surface area contributed by atoms with Crippen molar-refractivity contribution in [2.45, 2.75) is 38.8 Å². The minimum atomic E-state index is 0.866. The summed E-state index contributed by atoms with van der Waals surface area (Å²) in [6.45, 7) is 4.73. The van der Waals surface area contributed by atoms with Crippen molar-refractivity contribution in [2.75, 3.05) is 0 Å². The van der Waals surface area contributed by atoms with Crippen molar-refractivity contribution in [3.8, 4) is 0 Å². The van der Waals surface area contributed by atoms with E-state index in [1.165, 1.54) is 12.8 Å². The molecular weight excluding hydrogens is 110 g/mol. The third-order valence-electron chi connectivity index (χ3n) is 3.05. The third kappa shape index (κ3) is 0.710. The Kier molecular flexibility index (Phi) is 1.10. The second-order valence-corrected chi connectivity index (χ2v) is 3.81. The van der Waals surface area contributed by atoms with Crippen LogP contribution in [-0.4, -0.2) is 12.1 Å². The monoisotopic (exact) mass is 125 g/mol. The van der Waals surface area contributed by atoms with Crippen LogP contribution in [0, 0.1) is 11.8 Å². The molecule has 2 aliphatic heterocycles. The lowest BCUT2D eigenvalue weighted by Gasteiger charge is -2.19. The summed E-state index contributed by atoms with van der Waals surface area (Å²) in [4.78, 5) is 0. The molecule has 2 rings (SSSR count). The van der Waals surface area contributed by atoms with E-state index < -0.39 is 0 Å². The van der Waals surface area contributed by atoms with Crippen molar-refractivity contribution in [2.24, 2.45) is 11.8 Å². The summed E-state index contributed by atoms with van der Waals surface area (Å²) in [6, 6.07) is 1.73. The summed E-state index contributed by atoms with van der Waals surface area (Å²) in [5.41, 5.74) is 0. The molecule has 2 unspecified atom stereocenters. The van der Waals surface area contributed by atoms with Crippen LogP contribution in [0.3, 0.4) is 0 Å². The SMILES string of the molecule is C[C@@H]1CC2NC1C[C@H]2C. The molecule has 0 aliphatic carbocycles. The smallest absolute Gasteiger partial charge is 0.00990 e. The topological polar surface area (TPSA) is 12.0 Å². The lowest BCUT2D eigenvalue weighted by molar-refractivity contribution is 0.365. The molecule has 2 saturated heterocycles. The van der Waals surface area contributed by atoms with Crippen molar-refractivity contribution in [1.29, 1.82) is 0 Å². The summed E-state index contributed by atoms with van der Waals surface area (Å²) < 4.78 is 0. The van der Waals surface area contributed by atoms with Crippen LogP contribution in [0.25, 0.3) is 0 Å². The minimum Gasteiger partial charge on any atom is -0.311 e. The van der Waals surface area contributed by atoms with Gasteiger partial charge in [-0.1, -0.05) is 13.8 Å². The summed E-state index contributed by atoms with van der Waals surface area (Å²) in [5.74, 6) is 1.90. The van der Waals surface area contributed by atoms with Crippen LogP contribution < -0.4 is 5.32 Å². The standard InChI is InChI=1S/C8H15N/c1-5-3-8-6(2)4-7(5)9-8/h5-9H,3-4H2,1-2H3/t5-,6-,7?,8?/m1/s1. The minimum absolute atomic E-state index is 0.866. The first-order valence-electron chi connectivity index (χ1n) is 4.03. The predicted molar refractivity (Wildman–Crippen MR) is 38.3 cm³/mol. The Morgan fingerprint density at radius 1 is 1.00 bits per heavy atom. The zero-order chi connectivity index (χ0) is 6.43. The van der Waals surface area contributed by atoms with Crippen molar-refractivity contribution in [3.05, 3.63) is 0 Å². The van der Waals surface area contributed by atoms with Crippen molar-refractivity contribution < 1.29 is 0 Å². The van der Waals surface area contributed by atoms with Gasteiger partial charge in [-0.25, -0.2) is 0 Å². The van der Waals surface area contributed by atoms with Crippen LogP contribution in [-0.2, 0) is 0 Å². The Morgan fingerprint density at radius 3 is 1.67 bits per heavy atom. The lowest BCUT2D eigenvalue weighted by Crippen LogP contribution is -2.21. The lowest BCUT2D eigenvalue weighted by atomic mass is 9.84. The first kappa shape index (κ1) is 5.72. The summed E-state index contributed by atoms with van der Waals surface area (Å²) in [5, 5.41) is 3.63. The highest BCUT2D eigenvalue weighted by molar-refractivity contribution is 4.98. The van der Waals surface area contributed by atoms with Gasteiger partial charge in [-0.3, -0.25) is 0 Å². The second kappa shape index (κ2) is 1.72. The van der Waals surface area contributed by atoms with Crippen LogP contribution in [0.5, 0.6) is 0 Å². The molecule has 2 fully saturated rings. The van der Waals surface area contributed by atoms with Crippen molar-refractivity contribution in [3.63, 3.8) is 0 Å². The molecule has 1 nitrogen and oxygen atoms in total. The highest BCUT2D eigenvalue weighted by Gasteiger charge is 2.40. The van der Waals surface area contributed by atoms with Gasteiger partial charge in [-0.2, -0.15) is 0 Å². The molecule has 0 aromatic carbocycles. The zero-order valence-corrected chi connectivity index (χ0v) is 6.22. The Balaban J connectivity index is 2.10. The van der Waals surface area contributed by atoms with Crippen LogP contribution >= 0.6 is 0 Å². The highest BCUT2D eigenvalue weighted by atomic mass is 15.0. The summed E-state index contributed by atoms with van der Waals surface area (Å²) in [6.07, 6.45) is 2.84. The fourth-order valence-electron chi connectivity index (χ4n) is 2.33. The number of hydrogen-bond donors (Lipinski definition) is 1. The third-order valence-corrected chi connectivity index (χ3v) is 3.05. The van der Waals surface area contributed by atoms with E-state index in [0.29, 0.717) is 0 Å². The number of fused-ring (bicyclic) bond motifs is 2. The van der Waals surface area contributed by atoms with Gasteiger partial charge < -0.3 is 5.32 Å². The molecule has 0 aromatic heterocycles. The molecule has 1 N–H and O–H groups in total. The van der Waals surface area contributed by atoms with Crippen molar-refractivity contribution >= 4 is 0 Å². The highest BCUT2D eigenvalue weighted by Crippen LogP contribution is 2.36. The van der Waals surface area contributed by atoms with Gasteiger partial charge in [0.2, 0.25) is 0 Å². The molecule has 0 spiro atoms.